The van der Waals surface area contributed by atoms with Gasteiger partial charge in [-0.25, -0.2) is 0 Å². The molecule has 1 unspecified atom stereocenters. The molecule has 2 rings (SSSR count). The molecular weight excluding hydrogens is 292 g/mol. The van der Waals surface area contributed by atoms with Gasteiger partial charge in [0.2, 0.25) is 4.93 Å². The second-order valence-corrected chi connectivity index (χ2v) is 7.52. The topological polar surface area (TPSA) is 29.6 Å². The standard InChI is InChI=1S/C19H26O2S/c1-4-6-8-9-15-19(18(21-19)10-7-5-2)22(20)17-13-11-16(3)12-14-17/h11-14,18H,4-8,10H2,1-3H3/t18-,19-,22?/m0/s1. The minimum Gasteiger partial charge on any atom is -0.340 e. The van der Waals surface area contributed by atoms with Crippen molar-refractivity contribution >= 4 is 10.8 Å². The van der Waals surface area contributed by atoms with Crippen LogP contribution in [0.1, 0.15) is 57.9 Å². The molecule has 0 spiro atoms. The van der Waals surface area contributed by atoms with Crippen molar-refractivity contribution in [1.29, 1.82) is 0 Å². The molecule has 1 aromatic carbocycles. The summed E-state index contributed by atoms with van der Waals surface area (Å²) < 4.78 is 18.8. The lowest BCUT2D eigenvalue weighted by atomic mass is 10.1. The molecule has 0 bridgehead atoms. The van der Waals surface area contributed by atoms with E-state index in [0.717, 1.165) is 43.4 Å². The lowest BCUT2D eigenvalue weighted by Crippen LogP contribution is -2.20. The van der Waals surface area contributed by atoms with Gasteiger partial charge in [0, 0.05) is 11.3 Å². The second kappa shape index (κ2) is 7.94. The summed E-state index contributed by atoms with van der Waals surface area (Å²) in [6.07, 6.45) is 6.24. The van der Waals surface area contributed by atoms with Crippen LogP contribution in [0.3, 0.4) is 0 Å². The highest BCUT2D eigenvalue weighted by molar-refractivity contribution is 7.87. The molecule has 1 aliphatic rings. The van der Waals surface area contributed by atoms with Crippen molar-refractivity contribution in [3.63, 3.8) is 0 Å². The predicted molar refractivity (Wildman–Crippen MR) is 92.0 cm³/mol. The molecule has 1 fully saturated rings. The van der Waals surface area contributed by atoms with Crippen LogP contribution in [0.25, 0.3) is 0 Å². The zero-order valence-corrected chi connectivity index (χ0v) is 14.7. The van der Waals surface area contributed by atoms with Crippen molar-refractivity contribution in [2.45, 2.75) is 75.2 Å². The van der Waals surface area contributed by atoms with Crippen LogP contribution in [-0.4, -0.2) is 15.2 Å². The monoisotopic (exact) mass is 318 g/mol. The van der Waals surface area contributed by atoms with Gasteiger partial charge in [-0.05, 0) is 31.9 Å². The van der Waals surface area contributed by atoms with E-state index in [0.29, 0.717) is 0 Å². The van der Waals surface area contributed by atoms with Gasteiger partial charge < -0.3 is 4.74 Å². The number of aryl methyl sites for hydroxylation is 1. The van der Waals surface area contributed by atoms with Crippen LogP contribution in [0.15, 0.2) is 29.2 Å². The number of rotatable bonds is 7. The molecule has 0 amide bonds. The van der Waals surface area contributed by atoms with E-state index < -0.39 is 15.7 Å². The molecule has 22 heavy (non-hydrogen) atoms. The van der Waals surface area contributed by atoms with Crippen LogP contribution in [0.2, 0.25) is 0 Å². The number of ether oxygens (including phenoxy) is 1. The Morgan fingerprint density at radius 1 is 1.18 bits per heavy atom. The maximum absolute atomic E-state index is 13.0. The van der Waals surface area contributed by atoms with E-state index in [-0.39, 0.29) is 6.10 Å². The fraction of sp³-hybridized carbons (Fsp3) is 0.579. The third-order valence-corrected chi connectivity index (χ3v) is 5.64. The molecule has 0 radical (unpaired) electrons. The van der Waals surface area contributed by atoms with Crippen molar-refractivity contribution < 1.29 is 8.95 Å². The maximum Gasteiger partial charge on any atom is 0.235 e. The first-order valence-electron chi connectivity index (χ1n) is 8.30. The molecule has 120 valence electrons. The lowest BCUT2D eigenvalue weighted by molar-refractivity contribution is 0.365. The van der Waals surface area contributed by atoms with Gasteiger partial charge in [-0.15, -0.1) is 0 Å². The Bertz CT molecular complexity index is 567. The highest BCUT2D eigenvalue weighted by Crippen LogP contribution is 2.44. The number of unbranched alkanes of at least 4 members (excludes halogenated alkanes) is 3. The average Bonchev–Trinajstić information content (AvgIpc) is 3.24. The van der Waals surface area contributed by atoms with E-state index in [2.05, 4.69) is 25.7 Å². The second-order valence-electron chi connectivity index (χ2n) is 5.90. The molecule has 2 nitrogen and oxygen atoms in total. The van der Waals surface area contributed by atoms with Gasteiger partial charge in [0.25, 0.3) is 0 Å². The van der Waals surface area contributed by atoms with Gasteiger partial charge in [-0.3, -0.25) is 4.21 Å². The SMILES string of the molecule is CCCCC#C[C@@]1(S(=O)c2ccc(C)cc2)O[C@H]1CCCC. The Morgan fingerprint density at radius 3 is 2.50 bits per heavy atom. The summed E-state index contributed by atoms with van der Waals surface area (Å²) in [6, 6.07) is 7.85. The largest absolute Gasteiger partial charge is 0.340 e. The van der Waals surface area contributed by atoms with Gasteiger partial charge in [0.15, 0.2) is 0 Å². The fourth-order valence-corrected chi connectivity index (χ4v) is 3.88. The molecule has 0 aliphatic carbocycles. The van der Waals surface area contributed by atoms with Crippen LogP contribution in [0.5, 0.6) is 0 Å². The molecule has 0 aromatic heterocycles. The van der Waals surface area contributed by atoms with Crippen molar-refractivity contribution in [2.75, 3.05) is 0 Å². The lowest BCUT2D eigenvalue weighted by Gasteiger charge is -2.07. The molecule has 1 heterocycles. The molecule has 0 N–H and O–H groups in total. The van der Waals surface area contributed by atoms with E-state index in [1.165, 1.54) is 5.56 Å². The third kappa shape index (κ3) is 4.00. The number of epoxide rings is 1. The number of hydrogen-bond donors (Lipinski definition) is 0. The van der Waals surface area contributed by atoms with E-state index in [1.807, 2.05) is 31.2 Å². The third-order valence-electron chi connectivity index (χ3n) is 3.93. The van der Waals surface area contributed by atoms with E-state index >= 15 is 0 Å². The minimum atomic E-state index is -1.23. The summed E-state index contributed by atoms with van der Waals surface area (Å²) >= 11 is 0. The first kappa shape index (κ1) is 17.2. The zero-order chi connectivity index (χ0) is 16.0. The van der Waals surface area contributed by atoms with Gasteiger partial charge in [0.1, 0.15) is 16.9 Å². The average molecular weight is 318 g/mol. The van der Waals surface area contributed by atoms with Gasteiger partial charge in [-0.2, -0.15) is 0 Å². The minimum absolute atomic E-state index is 0.0173. The molecule has 1 aliphatic heterocycles. The van der Waals surface area contributed by atoms with Crippen molar-refractivity contribution in [1.82, 2.24) is 0 Å². The highest BCUT2D eigenvalue weighted by Gasteiger charge is 2.60. The van der Waals surface area contributed by atoms with Crippen molar-refractivity contribution in [3.8, 4) is 11.8 Å². The van der Waals surface area contributed by atoms with E-state index in [4.69, 9.17) is 4.74 Å². The Hall–Kier alpha value is -1.11. The number of hydrogen-bond acceptors (Lipinski definition) is 2. The zero-order valence-electron chi connectivity index (χ0n) is 13.9. The molecule has 0 saturated carbocycles. The quantitative estimate of drug-likeness (QED) is 0.418. The maximum atomic E-state index is 13.0. The van der Waals surface area contributed by atoms with Gasteiger partial charge in [-0.1, -0.05) is 62.6 Å². The van der Waals surface area contributed by atoms with Crippen molar-refractivity contribution in [3.05, 3.63) is 29.8 Å². The van der Waals surface area contributed by atoms with Crippen LogP contribution < -0.4 is 0 Å². The molecule has 3 heteroatoms. The summed E-state index contributed by atoms with van der Waals surface area (Å²) in [4.78, 5) is 0.0485. The van der Waals surface area contributed by atoms with Gasteiger partial charge >= 0.3 is 0 Å². The van der Waals surface area contributed by atoms with Crippen LogP contribution in [0, 0.1) is 18.8 Å². The summed E-state index contributed by atoms with van der Waals surface area (Å²) in [5.41, 5.74) is 1.17. The summed E-state index contributed by atoms with van der Waals surface area (Å²) in [6.45, 7) is 6.35. The normalized spacial score (nSPS) is 24.4. The molecule has 1 saturated heterocycles. The molecule has 3 atom stereocenters. The fourth-order valence-electron chi connectivity index (χ4n) is 2.42. The Labute approximate surface area is 137 Å². The molecule has 1 aromatic rings. The first-order chi connectivity index (χ1) is 10.6. The van der Waals surface area contributed by atoms with Gasteiger partial charge in [0.05, 0.1) is 0 Å². The van der Waals surface area contributed by atoms with E-state index in [1.54, 1.807) is 0 Å². The smallest absolute Gasteiger partial charge is 0.235 e. The van der Waals surface area contributed by atoms with E-state index in [9.17, 15) is 4.21 Å². The van der Waals surface area contributed by atoms with Crippen molar-refractivity contribution in [2.24, 2.45) is 0 Å². The van der Waals surface area contributed by atoms with Crippen LogP contribution in [-0.2, 0) is 15.5 Å². The Kier molecular flexibility index (Phi) is 6.23. The summed E-state index contributed by atoms with van der Waals surface area (Å²) in [5.74, 6) is 6.39. The van der Waals surface area contributed by atoms with Crippen LogP contribution >= 0.6 is 0 Å². The molecular formula is C19H26O2S. The first-order valence-corrected chi connectivity index (χ1v) is 9.45. The Balaban J connectivity index is 2.15. The highest BCUT2D eigenvalue weighted by atomic mass is 32.2. The summed E-state index contributed by atoms with van der Waals surface area (Å²) in [5, 5.41) is 0. The van der Waals surface area contributed by atoms with Crippen LogP contribution in [0.4, 0.5) is 0 Å². The number of benzene rings is 1. The predicted octanol–water partition coefficient (Wildman–Crippen LogP) is 4.58. The Morgan fingerprint density at radius 2 is 1.86 bits per heavy atom. The summed E-state index contributed by atoms with van der Waals surface area (Å²) in [7, 11) is -1.23.